The smallest absolute Gasteiger partial charge is 0.306 e. The highest BCUT2D eigenvalue weighted by molar-refractivity contribution is 5.82. The normalized spacial score (nSPS) is 23.4. The second kappa shape index (κ2) is 7.62. The van der Waals surface area contributed by atoms with E-state index in [1.807, 2.05) is 13.8 Å². The van der Waals surface area contributed by atoms with E-state index in [2.05, 4.69) is 5.32 Å². The second-order valence-electron chi connectivity index (χ2n) is 5.89. The lowest BCUT2D eigenvalue weighted by molar-refractivity contribution is -0.145. The fraction of sp³-hybridized carbons (Fsp3) is 0.867. The van der Waals surface area contributed by atoms with Gasteiger partial charge in [-0.2, -0.15) is 0 Å². The highest BCUT2D eigenvalue weighted by atomic mass is 16.4. The van der Waals surface area contributed by atoms with Crippen molar-refractivity contribution < 1.29 is 14.7 Å². The largest absolute Gasteiger partial charge is 0.481 e. The topological polar surface area (TPSA) is 92.4 Å². The van der Waals surface area contributed by atoms with Gasteiger partial charge in [-0.25, -0.2) is 0 Å². The van der Waals surface area contributed by atoms with Gasteiger partial charge >= 0.3 is 5.97 Å². The Kier molecular flexibility index (Phi) is 6.46. The third-order valence-electron chi connectivity index (χ3n) is 4.98. The fourth-order valence-corrected chi connectivity index (χ4v) is 3.14. The summed E-state index contributed by atoms with van der Waals surface area (Å²) >= 11 is 0. The number of rotatable bonds is 7. The summed E-state index contributed by atoms with van der Waals surface area (Å²) in [6, 6.07) is 0. The van der Waals surface area contributed by atoms with Gasteiger partial charge in [0.25, 0.3) is 0 Å². The van der Waals surface area contributed by atoms with Crippen molar-refractivity contribution in [1.29, 1.82) is 0 Å². The second-order valence-corrected chi connectivity index (χ2v) is 5.89. The van der Waals surface area contributed by atoms with Crippen LogP contribution < -0.4 is 11.1 Å². The summed E-state index contributed by atoms with van der Waals surface area (Å²) in [5.41, 5.74) is 5.25. The van der Waals surface area contributed by atoms with Gasteiger partial charge in [0, 0.05) is 13.1 Å². The molecule has 1 rings (SSSR count). The molecule has 1 aliphatic carbocycles. The lowest BCUT2D eigenvalue weighted by atomic mass is 9.78. The Morgan fingerprint density at radius 3 is 2.35 bits per heavy atom. The van der Waals surface area contributed by atoms with Crippen LogP contribution in [0.25, 0.3) is 0 Å². The average Bonchev–Trinajstić information content (AvgIpc) is 2.47. The van der Waals surface area contributed by atoms with Crippen LogP contribution in [0.3, 0.4) is 0 Å². The molecule has 0 spiro atoms. The van der Waals surface area contributed by atoms with Gasteiger partial charge in [-0.1, -0.05) is 26.7 Å². The number of amides is 1. The molecule has 1 aliphatic rings. The van der Waals surface area contributed by atoms with E-state index in [0.29, 0.717) is 25.9 Å². The van der Waals surface area contributed by atoms with Crippen LogP contribution in [0.15, 0.2) is 0 Å². The summed E-state index contributed by atoms with van der Waals surface area (Å²) in [6.07, 6.45) is 5.04. The average molecular weight is 284 g/mol. The molecule has 20 heavy (non-hydrogen) atoms. The van der Waals surface area contributed by atoms with Crippen LogP contribution in [0.2, 0.25) is 0 Å². The van der Waals surface area contributed by atoms with Crippen LogP contribution in [-0.2, 0) is 9.59 Å². The van der Waals surface area contributed by atoms with Gasteiger partial charge < -0.3 is 16.2 Å². The Morgan fingerprint density at radius 2 is 1.85 bits per heavy atom. The Hall–Kier alpha value is -1.10. The minimum atomic E-state index is -0.736. The zero-order valence-electron chi connectivity index (χ0n) is 12.7. The van der Waals surface area contributed by atoms with Crippen LogP contribution in [-0.4, -0.2) is 30.1 Å². The number of hydrogen-bond acceptors (Lipinski definition) is 3. The highest BCUT2D eigenvalue weighted by Crippen LogP contribution is 2.30. The lowest BCUT2D eigenvalue weighted by Crippen LogP contribution is -2.47. The quantitative estimate of drug-likeness (QED) is 0.664. The Morgan fingerprint density at radius 1 is 1.25 bits per heavy atom. The van der Waals surface area contributed by atoms with E-state index in [4.69, 9.17) is 5.73 Å². The number of hydrogen-bond donors (Lipinski definition) is 3. The van der Waals surface area contributed by atoms with Crippen molar-refractivity contribution in [3.05, 3.63) is 0 Å². The number of carbonyl (C=O) groups is 2. The molecule has 1 fully saturated rings. The van der Waals surface area contributed by atoms with E-state index in [9.17, 15) is 14.7 Å². The number of carboxylic acids is 1. The molecule has 0 aromatic rings. The zero-order valence-corrected chi connectivity index (χ0v) is 12.7. The first-order valence-electron chi connectivity index (χ1n) is 7.72. The number of aliphatic carboxylic acids is 1. The number of nitrogens with two attached hydrogens (primary N) is 1. The van der Waals surface area contributed by atoms with Gasteiger partial charge in [0.1, 0.15) is 0 Å². The van der Waals surface area contributed by atoms with Crippen molar-refractivity contribution in [3.8, 4) is 0 Å². The van der Waals surface area contributed by atoms with Crippen LogP contribution in [0.4, 0.5) is 0 Å². The first-order valence-corrected chi connectivity index (χ1v) is 7.72. The third kappa shape index (κ3) is 3.72. The van der Waals surface area contributed by atoms with Gasteiger partial charge in [-0.15, -0.1) is 0 Å². The van der Waals surface area contributed by atoms with Crippen molar-refractivity contribution in [2.24, 2.45) is 23.0 Å². The van der Waals surface area contributed by atoms with Gasteiger partial charge in [-0.3, -0.25) is 9.59 Å². The lowest BCUT2D eigenvalue weighted by Gasteiger charge is -2.32. The number of carbonyl (C=O) groups excluding carboxylic acids is 1. The summed E-state index contributed by atoms with van der Waals surface area (Å²) in [5, 5.41) is 12.2. The van der Waals surface area contributed by atoms with Crippen LogP contribution in [0, 0.1) is 17.3 Å². The van der Waals surface area contributed by atoms with Crippen molar-refractivity contribution >= 4 is 11.9 Å². The number of nitrogens with one attached hydrogen (secondary N) is 1. The predicted octanol–water partition coefficient (Wildman–Crippen LogP) is 1.76. The molecule has 0 aliphatic heterocycles. The molecule has 2 atom stereocenters. The molecule has 0 bridgehead atoms. The molecule has 1 saturated carbocycles. The summed E-state index contributed by atoms with van der Waals surface area (Å²) in [4.78, 5) is 23.6. The van der Waals surface area contributed by atoms with Gasteiger partial charge in [-0.05, 0) is 31.6 Å². The van der Waals surface area contributed by atoms with Crippen molar-refractivity contribution in [2.45, 2.75) is 52.4 Å². The Labute approximate surface area is 121 Å². The first-order chi connectivity index (χ1) is 9.50. The first kappa shape index (κ1) is 17.0. The molecule has 5 heteroatoms. The van der Waals surface area contributed by atoms with Gasteiger partial charge in [0.2, 0.25) is 5.91 Å². The Bertz CT molecular complexity index is 332. The molecule has 0 saturated heterocycles. The summed E-state index contributed by atoms with van der Waals surface area (Å²) in [6.45, 7) is 4.73. The van der Waals surface area contributed by atoms with E-state index >= 15 is 0 Å². The summed E-state index contributed by atoms with van der Waals surface area (Å²) < 4.78 is 0. The highest BCUT2D eigenvalue weighted by Gasteiger charge is 2.35. The van der Waals surface area contributed by atoms with Gasteiger partial charge in [0.05, 0.1) is 11.3 Å². The maximum absolute atomic E-state index is 12.3. The van der Waals surface area contributed by atoms with Crippen molar-refractivity contribution in [3.63, 3.8) is 0 Å². The molecule has 116 valence electrons. The molecular formula is C15H28N2O3. The maximum Gasteiger partial charge on any atom is 0.306 e. The molecule has 2 unspecified atom stereocenters. The van der Waals surface area contributed by atoms with E-state index < -0.39 is 11.4 Å². The standard InChI is InChI=1S/C15H28N2O3/c1-3-15(4-2,10-16)14(20)17-9-11-7-5-6-8-12(11)13(18)19/h11-12H,3-10,16H2,1-2H3,(H,17,20)(H,18,19). The SMILES string of the molecule is CCC(CC)(CN)C(=O)NCC1CCCCC1C(=O)O. The minimum absolute atomic E-state index is 0.0280. The maximum atomic E-state index is 12.3. The molecule has 1 amide bonds. The summed E-state index contributed by atoms with van der Waals surface area (Å²) in [7, 11) is 0. The van der Waals surface area contributed by atoms with Crippen molar-refractivity contribution in [1.82, 2.24) is 5.32 Å². The molecule has 0 radical (unpaired) electrons. The molecule has 0 aromatic carbocycles. The van der Waals surface area contributed by atoms with E-state index in [1.54, 1.807) is 0 Å². The molecular weight excluding hydrogens is 256 g/mol. The van der Waals surface area contributed by atoms with Crippen molar-refractivity contribution in [2.75, 3.05) is 13.1 Å². The third-order valence-corrected chi connectivity index (χ3v) is 4.98. The van der Waals surface area contributed by atoms with E-state index in [-0.39, 0.29) is 17.7 Å². The van der Waals surface area contributed by atoms with E-state index in [1.165, 1.54) is 0 Å². The Balaban J connectivity index is 2.60. The molecule has 4 N–H and O–H groups in total. The fourth-order valence-electron chi connectivity index (χ4n) is 3.14. The molecule has 0 aromatic heterocycles. The monoisotopic (exact) mass is 284 g/mol. The molecule has 0 heterocycles. The number of carboxylic acid groups (broad SMARTS) is 1. The van der Waals surface area contributed by atoms with Crippen LogP contribution >= 0.6 is 0 Å². The summed E-state index contributed by atoms with van der Waals surface area (Å²) in [5.74, 6) is -1.03. The predicted molar refractivity (Wildman–Crippen MR) is 78.2 cm³/mol. The van der Waals surface area contributed by atoms with Crippen LogP contribution in [0.1, 0.15) is 52.4 Å². The van der Waals surface area contributed by atoms with Crippen LogP contribution in [0.5, 0.6) is 0 Å². The van der Waals surface area contributed by atoms with E-state index in [0.717, 1.165) is 25.7 Å². The molecule has 5 nitrogen and oxygen atoms in total. The van der Waals surface area contributed by atoms with Gasteiger partial charge in [0.15, 0.2) is 0 Å². The zero-order chi connectivity index (χ0) is 15.2. The minimum Gasteiger partial charge on any atom is -0.481 e.